The van der Waals surface area contributed by atoms with E-state index in [0.717, 1.165) is 29.1 Å². The molecule has 2 aromatic rings. The number of likely N-dealkylation sites (tertiary alicyclic amines) is 1. The molecule has 1 amide bonds. The Morgan fingerprint density at radius 3 is 2.68 bits per heavy atom. The molecule has 1 atom stereocenters. The van der Waals surface area contributed by atoms with Crippen LogP contribution in [0, 0.1) is 12.3 Å². The molecular formula is C20H23N3O3S2. The Kier molecular flexibility index (Phi) is 3.83. The molecule has 3 aliphatic rings. The van der Waals surface area contributed by atoms with Crippen molar-refractivity contribution in [1.82, 2.24) is 14.2 Å². The number of aromatic nitrogens is 1. The lowest BCUT2D eigenvalue weighted by Gasteiger charge is -2.34. The van der Waals surface area contributed by atoms with Gasteiger partial charge in [-0.25, -0.2) is 13.4 Å². The zero-order chi connectivity index (χ0) is 19.7. The summed E-state index contributed by atoms with van der Waals surface area (Å²) in [6, 6.07) is 7.25. The molecule has 148 valence electrons. The fourth-order valence-corrected chi connectivity index (χ4v) is 7.23. The Morgan fingerprint density at radius 2 is 2.00 bits per heavy atom. The van der Waals surface area contributed by atoms with Crippen LogP contribution in [0.2, 0.25) is 0 Å². The number of nitrogens with zero attached hydrogens (tertiary/aromatic N) is 3. The second-order valence-electron chi connectivity index (χ2n) is 8.43. The highest BCUT2D eigenvalue weighted by atomic mass is 32.2. The van der Waals surface area contributed by atoms with E-state index in [1.165, 1.54) is 11.3 Å². The van der Waals surface area contributed by atoms with Gasteiger partial charge < -0.3 is 4.90 Å². The third-order valence-corrected chi connectivity index (χ3v) is 9.25. The molecule has 0 unspecified atom stereocenters. The Bertz CT molecular complexity index is 1070. The van der Waals surface area contributed by atoms with Crippen LogP contribution in [0.25, 0.3) is 0 Å². The summed E-state index contributed by atoms with van der Waals surface area (Å²) in [5, 5.41) is 2.84. The Morgan fingerprint density at radius 1 is 1.25 bits per heavy atom. The van der Waals surface area contributed by atoms with Crippen LogP contribution >= 0.6 is 11.3 Å². The predicted octanol–water partition coefficient (Wildman–Crippen LogP) is 2.88. The molecular weight excluding hydrogens is 394 g/mol. The topological polar surface area (TPSA) is 70.6 Å². The monoisotopic (exact) mass is 417 g/mol. The minimum absolute atomic E-state index is 0.163. The summed E-state index contributed by atoms with van der Waals surface area (Å²) in [5.41, 5.74) is 0.628. The second-order valence-corrected chi connectivity index (χ2v) is 11.3. The van der Waals surface area contributed by atoms with Crippen molar-refractivity contribution in [3.63, 3.8) is 0 Å². The predicted molar refractivity (Wildman–Crippen MR) is 106 cm³/mol. The quantitative estimate of drug-likeness (QED) is 0.770. The molecule has 2 aliphatic heterocycles. The average Bonchev–Trinajstić information content (AvgIpc) is 3.04. The molecule has 2 fully saturated rings. The summed E-state index contributed by atoms with van der Waals surface area (Å²) in [6.45, 7) is 5.17. The number of amides is 1. The highest BCUT2D eigenvalue weighted by Crippen LogP contribution is 2.52. The minimum Gasteiger partial charge on any atom is -0.340 e. The van der Waals surface area contributed by atoms with Crippen LogP contribution < -0.4 is 0 Å². The van der Waals surface area contributed by atoms with Gasteiger partial charge >= 0.3 is 0 Å². The smallest absolute Gasteiger partial charge is 0.244 e. The fourth-order valence-electron chi connectivity index (χ4n) is 4.60. The van der Waals surface area contributed by atoms with Gasteiger partial charge in [0.15, 0.2) is 0 Å². The zero-order valence-corrected chi connectivity index (χ0v) is 17.6. The molecule has 1 aromatic carbocycles. The van der Waals surface area contributed by atoms with E-state index < -0.39 is 15.6 Å². The van der Waals surface area contributed by atoms with Crippen LogP contribution in [0.4, 0.5) is 0 Å². The van der Waals surface area contributed by atoms with E-state index in [1.54, 1.807) is 16.4 Å². The van der Waals surface area contributed by atoms with Crippen molar-refractivity contribution in [3.8, 4) is 0 Å². The lowest BCUT2D eigenvalue weighted by atomic mass is 9.88. The second kappa shape index (κ2) is 5.87. The van der Waals surface area contributed by atoms with Crippen molar-refractivity contribution >= 4 is 27.3 Å². The first-order chi connectivity index (χ1) is 13.3. The Hall–Kier alpha value is -1.77. The largest absolute Gasteiger partial charge is 0.340 e. The summed E-state index contributed by atoms with van der Waals surface area (Å²) in [4.78, 5) is 19.7. The van der Waals surface area contributed by atoms with Gasteiger partial charge in [-0.1, -0.05) is 25.1 Å². The maximum Gasteiger partial charge on any atom is 0.244 e. The number of sulfonamides is 1. The summed E-state index contributed by atoms with van der Waals surface area (Å²) < 4.78 is 28.5. The molecule has 8 heteroatoms. The lowest BCUT2D eigenvalue weighted by Crippen LogP contribution is -2.46. The lowest BCUT2D eigenvalue weighted by molar-refractivity contribution is -0.135. The molecule has 0 bridgehead atoms. The van der Waals surface area contributed by atoms with Gasteiger partial charge in [-0.15, -0.1) is 11.3 Å². The van der Waals surface area contributed by atoms with Gasteiger partial charge in [-0.2, -0.15) is 4.31 Å². The normalized spacial score (nSPS) is 27.3. The van der Waals surface area contributed by atoms with Gasteiger partial charge in [-0.3, -0.25) is 4.79 Å². The van der Waals surface area contributed by atoms with Gasteiger partial charge in [0.05, 0.1) is 27.7 Å². The van der Waals surface area contributed by atoms with Crippen LogP contribution in [0.5, 0.6) is 0 Å². The molecule has 1 saturated heterocycles. The molecule has 1 aromatic heterocycles. The zero-order valence-electron chi connectivity index (χ0n) is 16.0. The standard InChI is InChI=1S/C20H23N3O3S2/c1-14-21-15(12-27-14)11-23-20(16-5-3-4-6-17(16)28(23,25)26)9-10-22(13-20)18(24)19(2)7-8-19/h3-6,12H,7-11,13H2,1-2H3/t20-/m0/s1. The maximum absolute atomic E-state index is 13.4. The van der Waals surface area contributed by atoms with E-state index in [0.29, 0.717) is 24.4 Å². The van der Waals surface area contributed by atoms with Gasteiger partial charge in [0.2, 0.25) is 15.9 Å². The van der Waals surface area contributed by atoms with Crippen LogP contribution in [0.15, 0.2) is 34.5 Å². The minimum atomic E-state index is -3.64. The van der Waals surface area contributed by atoms with Crippen molar-refractivity contribution in [3.05, 3.63) is 45.9 Å². The molecule has 0 N–H and O–H groups in total. The third kappa shape index (κ3) is 2.51. The van der Waals surface area contributed by atoms with E-state index in [9.17, 15) is 13.2 Å². The Labute approximate surface area is 169 Å². The summed E-state index contributed by atoms with van der Waals surface area (Å²) in [7, 11) is -3.64. The van der Waals surface area contributed by atoms with Crippen LogP contribution in [0.1, 0.15) is 42.5 Å². The molecule has 1 spiro atoms. The SMILES string of the molecule is Cc1nc(CN2[C@]3(CCN(C(=O)C4(C)CC4)C3)c3ccccc3S2(=O)=O)cs1. The van der Waals surface area contributed by atoms with Crippen molar-refractivity contribution < 1.29 is 13.2 Å². The van der Waals surface area contributed by atoms with Crippen molar-refractivity contribution in [2.24, 2.45) is 5.41 Å². The molecule has 28 heavy (non-hydrogen) atoms. The van der Waals surface area contributed by atoms with E-state index in [2.05, 4.69) is 4.98 Å². The molecule has 1 saturated carbocycles. The summed E-state index contributed by atoms with van der Waals surface area (Å²) in [5.74, 6) is 0.163. The first-order valence-electron chi connectivity index (χ1n) is 9.59. The third-order valence-electron chi connectivity index (χ3n) is 6.46. The summed E-state index contributed by atoms with van der Waals surface area (Å²) in [6.07, 6.45) is 2.46. The Balaban J connectivity index is 1.58. The number of benzene rings is 1. The van der Waals surface area contributed by atoms with Crippen LogP contribution in [-0.2, 0) is 26.9 Å². The van der Waals surface area contributed by atoms with E-state index in [1.807, 2.05) is 36.3 Å². The first-order valence-corrected chi connectivity index (χ1v) is 11.9. The number of fused-ring (bicyclic) bond motifs is 2. The molecule has 3 heterocycles. The average molecular weight is 418 g/mol. The van der Waals surface area contributed by atoms with Gasteiger partial charge in [0.1, 0.15) is 0 Å². The first kappa shape index (κ1) is 18.3. The highest BCUT2D eigenvalue weighted by Gasteiger charge is 2.59. The number of carbonyl (C=O) groups excluding carboxylic acids is 1. The number of thiazole rings is 1. The molecule has 1 aliphatic carbocycles. The van der Waals surface area contributed by atoms with Gasteiger partial charge in [0, 0.05) is 23.9 Å². The molecule has 0 radical (unpaired) electrons. The number of hydrogen-bond donors (Lipinski definition) is 0. The maximum atomic E-state index is 13.4. The fraction of sp³-hybridized carbons (Fsp3) is 0.500. The molecule has 5 rings (SSSR count). The number of rotatable bonds is 3. The van der Waals surface area contributed by atoms with E-state index >= 15 is 0 Å². The van der Waals surface area contributed by atoms with Crippen molar-refractivity contribution in [1.29, 1.82) is 0 Å². The van der Waals surface area contributed by atoms with Gasteiger partial charge in [0.25, 0.3) is 0 Å². The van der Waals surface area contributed by atoms with E-state index in [-0.39, 0.29) is 17.9 Å². The van der Waals surface area contributed by atoms with Crippen LogP contribution in [0.3, 0.4) is 0 Å². The summed E-state index contributed by atoms with van der Waals surface area (Å²) >= 11 is 1.52. The number of hydrogen-bond acceptors (Lipinski definition) is 5. The van der Waals surface area contributed by atoms with Crippen molar-refractivity contribution in [2.75, 3.05) is 13.1 Å². The van der Waals surface area contributed by atoms with Crippen LogP contribution in [-0.4, -0.2) is 41.6 Å². The number of carbonyl (C=O) groups is 1. The van der Waals surface area contributed by atoms with Crippen molar-refractivity contribution in [2.45, 2.75) is 50.1 Å². The van der Waals surface area contributed by atoms with E-state index in [4.69, 9.17) is 0 Å². The highest BCUT2D eigenvalue weighted by molar-refractivity contribution is 7.89. The molecule has 6 nitrogen and oxygen atoms in total. The van der Waals surface area contributed by atoms with Gasteiger partial charge in [-0.05, 0) is 37.8 Å². The number of aryl methyl sites for hydroxylation is 1.